The summed E-state index contributed by atoms with van der Waals surface area (Å²) in [5.74, 6) is 0.745. The van der Waals surface area contributed by atoms with Gasteiger partial charge in [-0.2, -0.15) is 0 Å². The molecule has 29 heavy (non-hydrogen) atoms. The monoisotopic (exact) mass is 527 g/mol. The van der Waals surface area contributed by atoms with Crippen molar-refractivity contribution in [3.63, 3.8) is 0 Å². The average Bonchev–Trinajstić information content (AvgIpc) is 2.55. The van der Waals surface area contributed by atoms with Gasteiger partial charge >= 0.3 is 6.09 Å². The number of carbonyl (C=O) groups excluding carboxylic acids is 1. The lowest BCUT2D eigenvalue weighted by Gasteiger charge is -2.38. The number of aliphatic imine (C=N–C) groups is 1. The average molecular weight is 527 g/mol. The Hall–Kier alpha value is -0.810. The normalized spacial score (nSPS) is 19.7. The number of alkyl carbamates (subject to hydrolysis) is 1. The van der Waals surface area contributed by atoms with Gasteiger partial charge in [0.25, 0.3) is 0 Å². The number of carbonyl (C=O) groups is 1. The molecule has 1 heterocycles. The Morgan fingerprint density at radius 1 is 1.28 bits per heavy atom. The number of nitrogens with one attached hydrogen (secondary N) is 3. The molecule has 172 valence electrons. The molecule has 0 aromatic carbocycles. The first-order valence-corrected chi connectivity index (χ1v) is 10.3. The second-order valence-corrected chi connectivity index (χ2v) is 9.10. The van der Waals surface area contributed by atoms with E-state index in [-0.39, 0.29) is 24.0 Å². The summed E-state index contributed by atoms with van der Waals surface area (Å²) >= 11 is 0. The number of amides is 1. The molecule has 9 heteroatoms. The molecule has 1 rings (SSSR count). The molecule has 0 spiro atoms. The first-order chi connectivity index (χ1) is 12.9. The maximum Gasteiger partial charge on any atom is 0.408 e. The maximum absolute atomic E-state index is 12.0. The number of ether oxygens (including phenoxy) is 2. The summed E-state index contributed by atoms with van der Waals surface area (Å²) in [4.78, 5) is 19.1. The third-order valence-corrected chi connectivity index (χ3v) is 4.37. The van der Waals surface area contributed by atoms with Gasteiger partial charge in [0.15, 0.2) is 5.96 Å². The number of guanidine groups is 1. The van der Waals surface area contributed by atoms with Crippen LogP contribution in [0.15, 0.2) is 4.99 Å². The molecule has 0 aromatic heterocycles. The molecule has 3 N–H and O–H groups in total. The molecule has 8 nitrogen and oxygen atoms in total. The van der Waals surface area contributed by atoms with Crippen LogP contribution in [0.3, 0.4) is 0 Å². The molecule has 1 amide bonds. The molecule has 0 saturated carbocycles. The van der Waals surface area contributed by atoms with Gasteiger partial charge in [-0.15, -0.1) is 24.0 Å². The molecule has 0 aromatic rings. The predicted octanol–water partition coefficient (Wildman–Crippen LogP) is 2.57. The third-order valence-electron chi connectivity index (χ3n) is 4.37. The first kappa shape index (κ1) is 28.2. The molecule has 1 fully saturated rings. The van der Waals surface area contributed by atoms with E-state index in [4.69, 9.17) is 9.47 Å². The van der Waals surface area contributed by atoms with Crippen LogP contribution in [0.4, 0.5) is 4.79 Å². The highest BCUT2D eigenvalue weighted by molar-refractivity contribution is 14.0. The lowest BCUT2D eigenvalue weighted by atomic mass is 10.1. The van der Waals surface area contributed by atoms with E-state index in [2.05, 4.69) is 39.7 Å². The molecule has 2 unspecified atom stereocenters. The van der Waals surface area contributed by atoms with Gasteiger partial charge in [-0.3, -0.25) is 9.89 Å². The van der Waals surface area contributed by atoms with Crippen molar-refractivity contribution in [3.05, 3.63) is 0 Å². The van der Waals surface area contributed by atoms with Gasteiger partial charge in [-0.1, -0.05) is 0 Å². The van der Waals surface area contributed by atoms with Crippen LogP contribution in [-0.4, -0.2) is 79.6 Å². The zero-order chi connectivity index (χ0) is 21.4. The summed E-state index contributed by atoms with van der Waals surface area (Å²) in [7, 11) is 0. The van der Waals surface area contributed by atoms with Crippen LogP contribution in [0.25, 0.3) is 0 Å². The minimum Gasteiger partial charge on any atom is -0.444 e. The van der Waals surface area contributed by atoms with Crippen LogP contribution in [0.1, 0.15) is 55.4 Å². The second kappa shape index (κ2) is 12.8. The van der Waals surface area contributed by atoms with E-state index in [9.17, 15) is 4.79 Å². The first-order valence-electron chi connectivity index (χ1n) is 10.3. The largest absolute Gasteiger partial charge is 0.444 e. The number of hydrogen-bond donors (Lipinski definition) is 3. The van der Waals surface area contributed by atoms with E-state index < -0.39 is 17.2 Å². The van der Waals surface area contributed by atoms with Crippen LogP contribution >= 0.6 is 24.0 Å². The van der Waals surface area contributed by atoms with Gasteiger partial charge in [0.1, 0.15) is 5.60 Å². The number of hydrogen-bond acceptors (Lipinski definition) is 5. The summed E-state index contributed by atoms with van der Waals surface area (Å²) < 4.78 is 10.9. The maximum atomic E-state index is 12.0. The minimum absolute atomic E-state index is 0. The Bertz CT molecular complexity index is 523. The fourth-order valence-electron chi connectivity index (χ4n) is 2.99. The molecule has 1 saturated heterocycles. The van der Waals surface area contributed by atoms with Crippen molar-refractivity contribution in [3.8, 4) is 0 Å². The summed E-state index contributed by atoms with van der Waals surface area (Å²) in [5.41, 5.74) is -1.04. The van der Waals surface area contributed by atoms with E-state index in [1.54, 1.807) is 0 Å². The van der Waals surface area contributed by atoms with Crippen LogP contribution in [0.5, 0.6) is 0 Å². The van der Waals surface area contributed by atoms with Crippen LogP contribution in [-0.2, 0) is 9.47 Å². The topological polar surface area (TPSA) is 87.2 Å². The van der Waals surface area contributed by atoms with Gasteiger partial charge in [0, 0.05) is 31.7 Å². The Kier molecular flexibility index (Phi) is 12.4. The van der Waals surface area contributed by atoms with E-state index >= 15 is 0 Å². The Morgan fingerprint density at radius 3 is 2.48 bits per heavy atom. The number of morpholine rings is 1. The van der Waals surface area contributed by atoms with Gasteiger partial charge in [-0.05, 0) is 55.4 Å². The van der Waals surface area contributed by atoms with Crippen molar-refractivity contribution in [2.24, 2.45) is 4.99 Å². The van der Waals surface area contributed by atoms with Gasteiger partial charge in [-0.25, -0.2) is 4.79 Å². The van der Waals surface area contributed by atoms with Crippen LogP contribution in [0, 0.1) is 0 Å². The molecule has 0 bridgehead atoms. The SMILES string of the molecule is CCNC(=NCC(C)(C)NC(=O)OC(C)(C)C)NCC(C)N1CCOCC1C.I. The standard InChI is InChI=1S/C20H41N5O3.HI/c1-9-21-17(22-12-15(2)25-10-11-27-13-16(25)3)23-14-20(7,8)24-18(26)28-19(4,5)6;/h15-16H,9-14H2,1-8H3,(H,24,26)(H2,21,22,23);1H. The van der Waals surface area contributed by atoms with Crippen molar-refractivity contribution in [2.45, 2.75) is 78.6 Å². The summed E-state index contributed by atoms with van der Waals surface area (Å²) in [6.45, 7) is 20.4. The van der Waals surface area contributed by atoms with Gasteiger partial charge in [0.05, 0.1) is 25.3 Å². The van der Waals surface area contributed by atoms with Crippen molar-refractivity contribution in [1.29, 1.82) is 0 Å². The quantitative estimate of drug-likeness (QED) is 0.268. The van der Waals surface area contributed by atoms with Crippen LogP contribution in [0.2, 0.25) is 0 Å². The number of nitrogens with zero attached hydrogens (tertiary/aromatic N) is 2. The Morgan fingerprint density at radius 2 is 1.93 bits per heavy atom. The molecule has 2 atom stereocenters. The van der Waals surface area contributed by atoms with E-state index in [1.165, 1.54) is 0 Å². The highest BCUT2D eigenvalue weighted by atomic mass is 127. The van der Waals surface area contributed by atoms with E-state index in [1.807, 2.05) is 41.5 Å². The number of rotatable bonds is 7. The molecule has 0 aliphatic carbocycles. The predicted molar refractivity (Wildman–Crippen MR) is 129 cm³/mol. The van der Waals surface area contributed by atoms with Crippen molar-refractivity contribution >= 4 is 36.0 Å². The fraction of sp³-hybridized carbons (Fsp3) is 0.900. The highest BCUT2D eigenvalue weighted by Gasteiger charge is 2.25. The van der Waals surface area contributed by atoms with E-state index in [0.717, 1.165) is 38.8 Å². The molecule has 1 aliphatic heterocycles. The molecule has 0 radical (unpaired) electrons. The second-order valence-electron chi connectivity index (χ2n) is 9.10. The highest BCUT2D eigenvalue weighted by Crippen LogP contribution is 2.11. The minimum atomic E-state index is -0.521. The lowest BCUT2D eigenvalue weighted by molar-refractivity contribution is -0.0174. The Labute approximate surface area is 194 Å². The number of halogens is 1. The summed E-state index contributed by atoms with van der Waals surface area (Å²) in [6, 6.07) is 0.790. The van der Waals surface area contributed by atoms with Crippen molar-refractivity contribution < 1.29 is 14.3 Å². The molecular weight excluding hydrogens is 485 g/mol. The van der Waals surface area contributed by atoms with Crippen molar-refractivity contribution in [1.82, 2.24) is 20.9 Å². The summed E-state index contributed by atoms with van der Waals surface area (Å²) in [6.07, 6.45) is -0.430. The smallest absolute Gasteiger partial charge is 0.408 e. The van der Waals surface area contributed by atoms with Gasteiger partial charge < -0.3 is 25.4 Å². The lowest BCUT2D eigenvalue weighted by Crippen LogP contribution is -2.53. The zero-order valence-corrected chi connectivity index (χ0v) is 21.8. The summed E-state index contributed by atoms with van der Waals surface area (Å²) in [5, 5.41) is 9.57. The Balaban J connectivity index is 0.00000784. The third kappa shape index (κ3) is 11.8. The zero-order valence-electron chi connectivity index (χ0n) is 19.4. The molecular formula is C20H42IN5O3. The van der Waals surface area contributed by atoms with Crippen LogP contribution < -0.4 is 16.0 Å². The van der Waals surface area contributed by atoms with E-state index in [0.29, 0.717) is 18.6 Å². The molecule has 1 aliphatic rings. The fourth-order valence-corrected chi connectivity index (χ4v) is 2.99. The van der Waals surface area contributed by atoms with Gasteiger partial charge in [0.2, 0.25) is 0 Å². The van der Waals surface area contributed by atoms with Crippen molar-refractivity contribution in [2.75, 3.05) is 39.4 Å².